The first-order valence-electron chi connectivity index (χ1n) is 8.01. The van der Waals surface area contributed by atoms with E-state index in [4.69, 9.17) is 0 Å². The van der Waals surface area contributed by atoms with Gasteiger partial charge in [-0.3, -0.25) is 4.79 Å². The number of hydrogen-bond acceptors (Lipinski definition) is 5. The van der Waals surface area contributed by atoms with Gasteiger partial charge in [0.2, 0.25) is 5.91 Å². The molecular weight excluding hydrogens is 439 g/mol. The fraction of sp³-hybridized carbons (Fsp3) is 0.667. The molecule has 1 saturated carbocycles. The molecule has 1 amide bonds. The van der Waals surface area contributed by atoms with Gasteiger partial charge in [-0.05, 0) is 19.8 Å². The Morgan fingerprint density at radius 3 is 2.62 bits per heavy atom. The van der Waals surface area contributed by atoms with Crippen molar-refractivity contribution in [3.63, 3.8) is 0 Å². The first-order chi connectivity index (χ1) is 11.1. The average Bonchev–Trinajstić information content (AvgIpc) is 3.27. The van der Waals surface area contributed by atoms with Crippen molar-refractivity contribution < 1.29 is 4.79 Å². The summed E-state index contributed by atoms with van der Waals surface area (Å²) < 4.78 is 0. The molecular formula is C15H27IN6OS. The molecule has 0 unspecified atom stereocenters. The molecule has 1 aromatic heterocycles. The summed E-state index contributed by atoms with van der Waals surface area (Å²) in [5, 5.41) is 12.4. The number of anilines is 1. The molecule has 7 nitrogen and oxygen atoms in total. The number of carbonyl (C=O) groups is 1. The lowest BCUT2D eigenvalue weighted by atomic mass is 10.4. The van der Waals surface area contributed by atoms with Crippen molar-refractivity contribution in [2.45, 2.75) is 26.3 Å². The minimum atomic E-state index is 0. The van der Waals surface area contributed by atoms with Gasteiger partial charge in [0.25, 0.3) is 0 Å². The number of guanidine groups is 1. The summed E-state index contributed by atoms with van der Waals surface area (Å²) in [4.78, 5) is 22.6. The van der Waals surface area contributed by atoms with Gasteiger partial charge in [0.15, 0.2) is 11.1 Å². The fourth-order valence-corrected chi connectivity index (χ4v) is 2.68. The molecule has 3 N–H and O–H groups in total. The average molecular weight is 466 g/mol. The first kappa shape index (κ1) is 20.9. The van der Waals surface area contributed by atoms with Crippen LogP contribution in [0.3, 0.4) is 0 Å². The summed E-state index contributed by atoms with van der Waals surface area (Å²) in [6, 6.07) is 0. The smallest absolute Gasteiger partial charge is 0.223 e. The normalized spacial score (nSPS) is 13.9. The van der Waals surface area contributed by atoms with E-state index >= 15 is 0 Å². The third-order valence-electron chi connectivity index (χ3n) is 3.33. The maximum atomic E-state index is 11.5. The Morgan fingerprint density at radius 2 is 2.04 bits per heavy atom. The van der Waals surface area contributed by atoms with E-state index in [0.717, 1.165) is 36.2 Å². The number of aromatic nitrogens is 1. The first-order valence-corrected chi connectivity index (χ1v) is 8.89. The quantitative estimate of drug-likeness (QED) is 0.234. The summed E-state index contributed by atoms with van der Waals surface area (Å²) in [7, 11) is 3.96. The molecule has 0 aliphatic heterocycles. The number of halogens is 1. The molecule has 0 radical (unpaired) electrons. The molecule has 1 aromatic rings. The SMILES string of the molecule is CCNC(=NCc1csc(N(C)C)n1)NCCNC(=O)C1CC1.I. The maximum Gasteiger partial charge on any atom is 0.223 e. The largest absolute Gasteiger partial charge is 0.357 e. The lowest BCUT2D eigenvalue weighted by molar-refractivity contribution is -0.122. The van der Waals surface area contributed by atoms with Gasteiger partial charge in [-0.1, -0.05) is 0 Å². The zero-order valence-corrected chi connectivity index (χ0v) is 17.6. The van der Waals surface area contributed by atoms with Crippen LogP contribution in [0.5, 0.6) is 0 Å². The Hall–Kier alpha value is -1.10. The van der Waals surface area contributed by atoms with Crippen molar-refractivity contribution in [3.05, 3.63) is 11.1 Å². The van der Waals surface area contributed by atoms with Crippen LogP contribution in [0, 0.1) is 5.92 Å². The Morgan fingerprint density at radius 1 is 1.33 bits per heavy atom. The van der Waals surface area contributed by atoms with Crippen molar-refractivity contribution >= 4 is 52.3 Å². The lowest BCUT2D eigenvalue weighted by Crippen LogP contribution is -2.41. The van der Waals surface area contributed by atoms with Crippen LogP contribution in [0.1, 0.15) is 25.5 Å². The maximum absolute atomic E-state index is 11.5. The van der Waals surface area contributed by atoms with E-state index in [9.17, 15) is 4.79 Å². The van der Waals surface area contributed by atoms with Gasteiger partial charge in [-0.15, -0.1) is 35.3 Å². The molecule has 1 aliphatic carbocycles. The minimum Gasteiger partial charge on any atom is -0.357 e. The summed E-state index contributed by atoms with van der Waals surface area (Å²) >= 11 is 1.61. The highest BCUT2D eigenvalue weighted by atomic mass is 127. The number of aliphatic imine (C=N–C) groups is 1. The van der Waals surface area contributed by atoms with Crippen molar-refractivity contribution in [1.82, 2.24) is 20.9 Å². The number of thiazole rings is 1. The number of rotatable bonds is 8. The Balaban J connectivity index is 0.00000288. The number of amides is 1. The van der Waals surface area contributed by atoms with Crippen molar-refractivity contribution in [2.24, 2.45) is 10.9 Å². The summed E-state index contributed by atoms with van der Waals surface area (Å²) in [6.45, 7) is 4.62. The second kappa shape index (κ2) is 10.7. The molecule has 0 saturated heterocycles. The van der Waals surface area contributed by atoms with Crippen LogP contribution in [-0.2, 0) is 11.3 Å². The number of nitrogens with zero attached hydrogens (tertiary/aromatic N) is 3. The summed E-state index contributed by atoms with van der Waals surface area (Å²) in [6.07, 6.45) is 2.07. The van der Waals surface area contributed by atoms with Crippen LogP contribution in [0.4, 0.5) is 5.13 Å². The highest BCUT2D eigenvalue weighted by Gasteiger charge is 2.28. The standard InChI is InChI=1S/C15H26N6OS.HI/c1-4-16-14(18-8-7-17-13(22)11-5-6-11)19-9-12-10-23-15(20-12)21(2)3;/h10-11H,4-9H2,1-3H3,(H,17,22)(H2,16,18,19);1H. The van der Waals surface area contributed by atoms with Crippen LogP contribution in [0.2, 0.25) is 0 Å². The Bertz CT molecular complexity index is 544. The Kier molecular flexibility index (Phi) is 9.34. The van der Waals surface area contributed by atoms with Gasteiger partial charge >= 0.3 is 0 Å². The van der Waals surface area contributed by atoms with Crippen LogP contribution in [0.25, 0.3) is 0 Å². The van der Waals surface area contributed by atoms with E-state index in [-0.39, 0.29) is 35.8 Å². The van der Waals surface area contributed by atoms with Gasteiger partial charge in [0, 0.05) is 45.0 Å². The predicted molar refractivity (Wildman–Crippen MR) is 110 cm³/mol. The third-order valence-corrected chi connectivity index (χ3v) is 4.39. The van der Waals surface area contributed by atoms with Crippen molar-refractivity contribution in [3.8, 4) is 0 Å². The summed E-state index contributed by atoms with van der Waals surface area (Å²) in [5.74, 6) is 1.17. The number of nitrogens with one attached hydrogen (secondary N) is 3. The summed E-state index contributed by atoms with van der Waals surface area (Å²) in [5.41, 5.74) is 0.956. The zero-order chi connectivity index (χ0) is 16.7. The molecule has 1 fully saturated rings. The molecule has 24 heavy (non-hydrogen) atoms. The monoisotopic (exact) mass is 466 g/mol. The van der Waals surface area contributed by atoms with Gasteiger partial charge in [-0.2, -0.15) is 0 Å². The van der Waals surface area contributed by atoms with E-state index < -0.39 is 0 Å². The second-order valence-electron chi connectivity index (χ2n) is 5.70. The Labute approximate surface area is 164 Å². The highest BCUT2D eigenvalue weighted by Crippen LogP contribution is 2.28. The van der Waals surface area contributed by atoms with Crippen molar-refractivity contribution in [1.29, 1.82) is 0 Å². The molecule has 0 bridgehead atoms. The van der Waals surface area contributed by atoms with E-state index in [0.29, 0.717) is 19.6 Å². The fourth-order valence-electron chi connectivity index (χ4n) is 1.93. The molecule has 0 spiro atoms. The van der Waals surface area contributed by atoms with Crippen LogP contribution < -0.4 is 20.9 Å². The topological polar surface area (TPSA) is 81.7 Å². The zero-order valence-electron chi connectivity index (χ0n) is 14.5. The number of carbonyl (C=O) groups excluding carboxylic acids is 1. The van der Waals surface area contributed by atoms with E-state index in [1.54, 1.807) is 11.3 Å². The molecule has 1 heterocycles. The third kappa shape index (κ3) is 7.20. The molecule has 1 aliphatic rings. The predicted octanol–water partition coefficient (Wildman–Crippen LogP) is 1.41. The van der Waals surface area contributed by atoms with Crippen LogP contribution >= 0.6 is 35.3 Å². The van der Waals surface area contributed by atoms with Crippen molar-refractivity contribution in [2.75, 3.05) is 38.6 Å². The van der Waals surface area contributed by atoms with Gasteiger partial charge in [-0.25, -0.2) is 9.98 Å². The second-order valence-corrected chi connectivity index (χ2v) is 6.54. The minimum absolute atomic E-state index is 0. The van der Waals surface area contributed by atoms with E-state index in [1.165, 1.54) is 0 Å². The van der Waals surface area contributed by atoms with Crippen LogP contribution in [-0.4, -0.2) is 50.6 Å². The highest BCUT2D eigenvalue weighted by molar-refractivity contribution is 14.0. The van der Waals surface area contributed by atoms with Crippen LogP contribution in [0.15, 0.2) is 10.4 Å². The molecule has 0 aromatic carbocycles. The van der Waals surface area contributed by atoms with E-state index in [1.807, 2.05) is 31.3 Å². The number of hydrogen-bond donors (Lipinski definition) is 3. The molecule has 9 heteroatoms. The van der Waals surface area contributed by atoms with Gasteiger partial charge in [0.1, 0.15) is 0 Å². The molecule has 2 rings (SSSR count). The van der Waals surface area contributed by atoms with Gasteiger partial charge in [0.05, 0.1) is 12.2 Å². The van der Waals surface area contributed by atoms with E-state index in [2.05, 4.69) is 25.9 Å². The lowest BCUT2D eigenvalue weighted by Gasteiger charge is -2.11. The van der Waals surface area contributed by atoms with Gasteiger partial charge < -0.3 is 20.9 Å². The molecule has 136 valence electrons. The molecule has 0 atom stereocenters.